The van der Waals surface area contributed by atoms with Crippen LogP contribution in [-0.4, -0.2) is 23.7 Å². The van der Waals surface area contributed by atoms with Gasteiger partial charge in [0.15, 0.2) is 0 Å². The largest absolute Gasteiger partial charge is 0.394 e. The van der Waals surface area contributed by atoms with Gasteiger partial charge in [-0.3, -0.25) is 0 Å². The fourth-order valence-corrected chi connectivity index (χ4v) is 9.59. The minimum Gasteiger partial charge on any atom is -0.244 e. The summed E-state index contributed by atoms with van der Waals surface area (Å²) < 4.78 is 101. The van der Waals surface area contributed by atoms with Gasteiger partial charge in [-0.15, -0.1) is 0 Å². The van der Waals surface area contributed by atoms with Crippen LogP contribution < -0.4 is 0 Å². The lowest BCUT2D eigenvalue weighted by Gasteiger charge is -2.41. The molecule has 2 saturated carbocycles. The topological polar surface area (TPSA) is 0 Å². The minimum absolute atomic E-state index is 0.0478. The van der Waals surface area contributed by atoms with Crippen molar-refractivity contribution in [2.24, 2.45) is 83.7 Å². The molecule has 0 N–H and O–H groups in total. The van der Waals surface area contributed by atoms with Gasteiger partial charge in [-0.05, 0) is 145 Å². The summed E-state index contributed by atoms with van der Waals surface area (Å²) >= 11 is 0. The van der Waals surface area contributed by atoms with Crippen LogP contribution in [0.1, 0.15) is 399 Å². The van der Waals surface area contributed by atoms with Crippen LogP contribution in [0.2, 0.25) is 0 Å². The number of rotatable bonds is 10. The van der Waals surface area contributed by atoms with Gasteiger partial charge in [-0.1, -0.05) is 328 Å². The Morgan fingerprint density at radius 3 is 0.721 bits per heavy atom. The Hall–Kier alpha value is -0.560. The zero-order valence-electron chi connectivity index (χ0n) is 66.6. The molecule has 0 radical (unpaired) electrons. The van der Waals surface area contributed by atoms with E-state index in [4.69, 9.17) is 0 Å². The minimum atomic E-state index is -4.12. The highest BCUT2D eigenvalue weighted by Gasteiger charge is 2.53. The summed E-state index contributed by atoms with van der Waals surface area (Å²) in [6.07, 6.45) is 9.85. The average molecular weight is 1250 g/mol. The highest BCUT2D eigenvalue weighted by molar-refractivity contribution is 4.89. The molecule has 0 atom stereocenters. The van der Waals surface area contributed by atoms with Crippen molar-refractivity contribution < 1.29 is 35.1 Å². The molecule has 8 heteroatoms. The van der Waals surface area contributed by atoms with Gasteiger partial charge in [0.1, 0.15) is 11.3 Å². The number of hydrogen-bond donors (Lipinski definition) is 0. The molecule has 0 amide bonds. The molecule has 0 bridgehead atoms. The molecule has 2 fully saturated rings. The summed E-state index contributed by atoms with van der Waals surface area (Å²) in [6, 6.07) is 0. The Morgan fingerprint density at radius 1 is 0.372 bits per heavy atom. The van der Waals surface area contributed by atoms with Crippen molar-refractivity contribution in [2.45, 2.75) is 423 Å². The molecule has 2 aliphatic rings. The summed E-state index contributed by atoms with van der Waals surface area (Å²) in [5, 5.41) is 0. The van der Waals surface area contributed by atoms with Crippen LogP contribution in [-0.2, 0) is 0 Å². The van der Waals surface area contributed by atoms with Crippen LogP contribution in [0.3, 0.4) is 0 Å². The first kappa shape index (κ1) is 102. The Balaban J connectivity index is -0.000000132. The quantitative estimate of drug-likeness (QED) is 0.191. The van der Waals surface area contributed by atoms with E-state index in [9.17, 15) is 35.1 Å². The van der Waals surface area contributed by atoms with Gasteiger partial charge in [0, 0.05) is 0 Å². The van der Waals surface area contributed by atoms with Gasteiger partial charge >= 0.3 is 12.4 Å². The average Bonchev–Trinajstić information content (AvgIpc) is 3.28. The molecule has 0 nitrogen and oxygen atoms in total. The van der Waals surface area contributed by atoms with Crippen molar-refractivity contribution >= 4 is 0 Å². The molecule has 0 aliphatic heterocycles. The third-order valence-corrected chi connectivity index (χ3v) is 19.2. The fourth-order valence-electron chi connectivity index (χ4n) is 9.59. The van der Waals surface area contributed by atoms with Crippen molar-refractivity contribution in [1.82, 2.24) is 0 Å². The SMILES string of the molecule is CC(C)(C)C.CC(C)C(C(C)C)C(C)(C)C(F)(F)F.CC(C)C(C)(C)C.CC1(C)CCC(C)(F)CC1.CC1(F)CCCCC1.CCC(C)(C)C.CCC(C)(CC)C(C)(C)C.CCC(C)(CC)C(F)(F)F.CCC(CC)C(C)(C)C.CCCC(C)(C)C. The summed E-state index contributed by atoms with van der Waals surface area (Å²) in [5.41, 5.74) is -0.788. The molecule has 0 aromatic rings. The second-order valence-electron chi connectivity index (χ2n) is 36.7. The van der Waals surface area contributed by atoms with Crippen LogP contribution in [0.15, 0.2) is 0 Å². The molecule has 532 valence electrons. The normalized spacial score (nSPS) is 16.5. The highest BCUT2D eigenvalue weighted by atomic mass is 19.4. The maximum Gasteiger partial charge on any atom is 0.394 e. The molecule has 0 aromatic carbocycles. The molecule has 2 rings (SSSR count). The first-order valence-corrected chi connectivity index (χ1v) is 35.0. The standard InChI is InChI=1S/C11H21F3.C10H22.C9H17F.C9H20.C7H13F3.C7H13F.2C7H16.C6H14.C5H12/c1-7(2)9(8(3)4)10(5,6)11(12,13)14;1-7-10(6,8-2)9(3,4)5;1-8(2)4-6-9(3,10)7-5-8;1-6-8(7-2)9(3,4)5;1-4-6(3,5-2)7(8,9)10;1-7(8)5-3-2-4-6-7;1-6(2)7(3,4)5;1-5-6-7(2,3)4;1-5-6(2,3)4;1-5(2,3)4/h7-9H,1-6H3;7-8H2,1-6H3;4-7H2,1-3H3;8H,6-7H2,1-5H3;4-5H2,1-3H3;2-6H2,1H3;6H,1-5H3;5-6H2,1-4H3;5H2,1-4H3;1-4H3. The molecule has 86 heavy (non-hydrogen) atoms. The zero-order valence-corrected chi connectivity index (χ0v) is 66.6. The van der Waals surface area contributed by atoms with Crippen molar-refractivity contribution in [1.29, 1.82) is 0 Å². The monoisotopic (exact) mass is 1250 g/mol. The summed E-state index contributed by atoms with van der Waals surface area (Å²) in [4.78, 5) is 0. The van der Waals surface area contributed by atoms with Gasteiger partial charge in [0.25, 0.3) is 0 Å². The number of hydrogen-bond acceptors (Lipinski definition) is 0. The van der Waals surface area contributed by atoms with E-state index < -0.39 is 34.5 Å². The van der Waals surface area contributed by atoms with Gasteiger partial charge in [0.05, 0.1) is 10.8 Å². The smallest absolute Gasteiger partial charge is 0.244 e. The fraction of sp³-hybridized carbons (Fsp3) is 1.00. The second-order valence-corrected chi connectivity index (χ2v) is 36.7. The lowest BCUT2D eigenvalue weighted by molar-refractivity contribution is -0.239. The number of alkyl halides is 8. The predicted molar refractivity (Wildman–Crippen MR) is 377 cm³/mol. The van der Waals surface area contributed by atoms with Crippen molar-refractivity contribution in [2.75, 3.05) is 0 Å². The van der Waals surface area contributed by atoms with E-state index in [0.29, 0.717) is 43.3 Å². The Morgan fingerprint density at radius 2 is 0.651 bits per heavy atom. The third kappa shape index (κ3) is 57.3. The number of halogens is 8. The van der Waals surface area contributed by atoms with E-state index in [-0.39, 0.29) is 30.6 Å². The summed E-state index contributed by atoms with van der Waals surface area (Å²) in [5.74, 6) is 1.46. The van der Waals surface area contributed by atoms with E-state index in [2.05, 4.69) is 208 Å². The van der Waals surface area contributed by atoms with Gasteiger partial charge in [0.2, 0.25) is 0 Å². The molecule has 0 saturated heterocycles. The Bertz CT molecular complexity index is 1450. The maximum absolute atomic E-state index is 13.2. The van der Waals surface area contributed by atoms with Crippen LogP contribution in [0.25, 0.3) is 0 Å². The van der Waals surface area contributed by atoms with Gasteiger partial charge < -0.3 is 0 Å². The zero-order chi connectivity index (χ0) is 71.6. The van der Waals surface area contributed by atoms with Crippen molar-refractivity contribution in [3.05, 3.63) is 0 Å². The van der Waals surface area contributed by atoms with Crippen LogP contribution >= 0.6 is 0 Å². The first-order valence-electron chi connectivity index (χ1n) is 35.0. The van der Waals surface area contributed by atoms with Gasteiger partial charge in [-0.25, -0.2) is 8.78 Å². The van der Waals surface area contributed by atoms with Crippen molar-refractivity contribution in [3.8, 4) is 0 Å². The second kappa shape index (κ2) is 43.4. The van der Waals surface area contributed by atoms with Gasteiger partial charge in [-0.2, -0.15) is 26.3 Å². The lowest BCUT2D eigenvalue weighted by atomic mass is 9.65. The molecule has 0 unspecified atom stereocenters. The maximum atomic E-state index is 13.2. The van der Waals surface area contributed by atoms with Crippen LogP contribution in [0.4, 0.5) is 35.1 Å². The van der Waals surface area contributed by atoms with E-state index in [1.807, 2.05) is 27.7 Å². The van der Waals surface area contributed by atoms with E-state index in [1.165, 1.54) is 72.1 Å². The molecule has 2 aliphatic carbocycles. The van der Waals surface area contributed by atoms with E-state index in [1.54, 1.807) is 27.7 Å². The lowest BCUT2D eigenvalue weighted by Crippen LogP contribution is -2.43. The summed E-state index contributed by atoms with van der Waals surface area (Å²) in [6.45, 7) is 85.8. The van der Waals surface area contributed by atoms with Crippen LogP contribution in [0.5, 0.6) is 0 Å². The summed E-state index contributed by atoms with van der Waals surface area (Å²) in [7, 11) is 0. The molecular weight excluding hydrogens is 1090 g/mol. The molecule has 0 spiro atoms. The van der Waals surface area contributed by atoms with E-state index >= 15 is 0 Å². The highest BCUT2D eigenvalue weighted by Crippen LogP contribution is 2.49. The Kier molecular flexibility index (Phi) is 51.2. The first-order chi connectivity index (χ1) is 37.5. The Labute approximate surface area is 539 Å². The molecule has 0 heterocycles. The third-order valence-electron chi connectivity index (χ3n) is 19.2. The van der Waals surface area contributed by atoms with Crippen LogP contribution in [0, 0.1) is 83.7 Å². The molecule has 0 aromatic heterocycles. The van der Waals surface area contributed by atoms with E-state index in [0.717, 1.165) is 63.2 Å². The predicted octanol–water partition coefficient (Wildman–Crippen LogP) is 31.2. The molecular formula is C78H164F8. The van der Waals surface area contributed by atoms with Crippen molar-refractivity contribution in [3.63, 3.8) is 0 Å².